The Morgan fingerprint density at radius 1 is 1.18 bits per heavy atom. The third-order valence-electron chi connectivity index (χ3n) is 4.83. The van der Waals surface area contributed by atoms with Crippen molar-refractivity contribution in [2.75, 3.05) is 12.3 Å². The van der Waals surface area contributed by atoms with E-state index >= 15 is 0 Å². The largest absolute Gasteiger partial charge is 0.399 e. The highest BCUT2D eigenvalue weighted by atomic mass is 16.2. The van der Waals surface area contributed by atoms with Crippen LogP contribution in [0, 0.1) is 5.41 Å². The molecule has 5 N–H and O–H groups in total. The van der Waals surface area contributed by atoms with Crippen LogP contribution in [0.2, 0.25) is 0 Å². The molecule has 0 saturated carbocycles. The highest BCUT2D eigenvalue weighted by molar-refractivity contribution is 5.76. The van der Waals surface area contributed by atoms with E-state index in [0.29, 0.717) is 6.42 Å². The molecule has 1 unspecified atom stereocenters. The van der Waals surface area contributed by atoms with Crippen LogP contribution in [0.3, 0.4) is 0 Å². The van der Waals surface area contributed by atoms with Gasteiger partial charge >= 0.3 is 0 Å². The Morgan fingerprint density at radius 3 is 2.68 bits per heavy atom. The van der Waals surface area contributed by atoms with Crippen molar-refractivity contribution in [1.82, 2.24) is 0 Å². The number of benzene rings is 2. The van der Waals surface area contributed by atoms with Gasteiger partial charge in [0.05, 0.1) is 0 Å². The molecule has 0 fully saturated rings. The molecule has 0 aromatic heterocycles. The average Bonchev–Trinajstić information content (AvgIpc) is 2.71. The highest BCUT2D eigenvalue weighted by Gasteiger charge is 2.37. The van der Waals surface area contributed by atoms with E-state index in [1.54, 1.807) is 0 Å². The Hall–Kier alpha value is -1.84. The van der Waals surface area contributed by atoms with Crippen molar-refractivity contribution < 1.29 is 5.11 Å². The molecule has 1 aliphatic carbocycles. The highest BCUT2D eigenvalue weighted by Crippen LogP contribution is 2.47. The van der Waals surface area contributed by atoms with Gasteiger partial charge in [0.1, 0.15) is 0 Å². The molecular weight excluding hydrogens is 272 g/mol. The Labute approximate surface area is 132 Å². The van der Waals surface area contributed by atoms with Crippen LogP contribution < -0.4 is 11.5 Å². The summed E-state index contributed by atoms with van der Waals surface area (Å²) < 4.78 is 0. The summed E-state index contributed by atoms with van der Waals surface area (Å²) in [5, 5.41) is 9.33. The van der Waals surface area contributed by atoms with Gasteiger partial charge in [0.25, 0.3) is 0 Å². The van der Waals surface area contributed by atoms with Gasteiger partial charge in [-0.05, 0) is 58.2 Å². The standard InChI is InChI=1S/C19H24N2O/c1-19(2)11-17-14(4-3-5-15(17)18(19)21)16-10-13(20)7-6-12(16)8-9-22/h3-7,10,18,22H,8-9,11,20-21H2,1-2H3. The number of anilines is 1. The average molecular weight is 296 g/mol. The minimum Gasteiger partial charge on any atom is -0.399 e. The Bertz CT molecular complexity index is 707. The molecule has 3 nitrogen and oxygen atoms in total. The zero-order valence-electron chi connectivity index (χ0n) is 13.3. The van der Waals surface area contributed by atoms with Crippen LogP contribution in [0.4, 0.5) is 5.69 Å². The van der Waals surface area contributed by atoms with E-state index in [0.717, 1.165) is 23.2 Å². The fourth-order valence-electron chi connectivity index (χ4n) is 3.52. The SMILES string of the molecule is CC1(C)Cc2c(-c3cc(N)ccc3CCO)cccc2C1N. The van der Waals surface area contributed by atoms with Crippen LogP contribution in [0.5, 0.6) is 0 Å². The quantitative estimate of drug-likeness (QED) is 0.762. The molecule has 0 heterocycles. The first-order valence-electron chi connectivity index (χ1n) is 7.81. The molecule has 0 aliphatic heterocycles. The normalized spacial score (nSPS) is 19.2. The van der Waals surface area contributed by atoms with Gasteiger partial charge in [0.2, 0.25) is 0 Å². The summed E-state index contributed by atoms with van der Waals surface area (Å²) in [5.74, 6) is 0. The van der Waals surface area contributed by atoms with E-state index in [4.69, 9.17) is 11.5 Å². The van der Waals surface area contributed by atoms with Crippen molar-refractivity contribution >= 4 is 5.69 Å². The molecule has 1 atom stereocenters. The summed E-state index contributed by atoms with van der Waals surface area (Å²) in [6.45, 7) is 4.57. The van der Waals surface area contributed by atoms with Crippen molar-refractivity contribution in [1.29, 1.82) is 0 Å². The maximum absolute atomic E-state index is 9.33. The van der Waals surface area contributed by atoms with Gasteiger partial charge in [-0.1, -0.05) is 38.1 Å². The van der Waals surface area contributed by atoms with Gasteiger partial charge in [-0.25, -0.2) is 0 Å². The van der Waals surface area contributed by atoms with Crippen molar-refractivity contribution in [3.8, 4) is 11.1 Å². The summed E-state index contributed by atoms with van der Waals surface area (Å²) >= 11 is 0. The fraction of sp³-hybridized carbons (Fsp3) is 0.368. The zero-order chi connectivity index (χ0) is 15.9. The second-order valence-corrected chi connectivity index (χ2v) is 6.91. The molecule has 116 valence electrons. The summed E-state index contributed by atoms with van der Waals surface area (Å²) in [7, 11) is 0. The maximum Gasteiger partial charge on any atom is 0.0471 e. The van der Waals surface area contributed by atoms with Gasteiger partial charge in [-0.3, -0.25) is 0 Å². The Balaban J connectivity index is 2.18. The third kappa shape index (κ3) is 2.40. The van der Waals surface area contributed by atoms with Crippen LogP contribution in [0.25, 0.3) is 11.1 Å². The monoisotopic (exact) mass is 296 g/mol. The first-order valence-corrected chi connectivity index (χ1v) is 7.81. The van der Waals surface area contributed by atoms with Gasteiger partial charge in [-0.2, -0.15) is 0 Å². The van der Waals surface area contributed by atoms with Crippen LogP contribution in [-0.2, 0) is 12.8 Å². The van der Waals surface area contributed by atoms with Gasteiger partial charge < -0.3 is 16.6 Å². The van der Waals surface area contributed by atoms with E-state index in [1.807, 2.05) is 18.2 Å². The molecule has 0 amide bonds. The Morgan fingerprint density at radius 2 is 1.95 bits per heavy atom. The molecule has 2 aromatic rings. The molecule has 3 heteroatoms. The first kappa shape index (κ1) is 15.1. The van der Waals surface area contributed by atoms with Crippen LogP contribution in [-0.4, -0.2) is 11.7 Å². The number of rotatable bonds is 3. The lowest BCUT2D eigenvalue weighted by atomic mass is 9.86. The molecule has 1 aliphatic rings. The number of aliphatic hydroxyl groups excluding tert-OH is 1. The smallest absolute Gasteiger partial charge is 0.0471 e. The number of nitrogen functional groups attached to an aromatic ring is 1. The fourth-order valence-corrected chi connectivity index (χ4v) is 3.52. The third-order valence-corrected chi connectivity index (χ3v) is 4.83. The second-order valence-electron chi connectivity index (χ2n) is 6.91. The Kier molecular flexibility index (Phi) is 3.71. The minimum absolute atomic E-state index is 0.0600. The maximum atomic E-state index is 9.33. The number of aliphatic hydroxyl groups is 1. The minimum atomic E-state index is 0.0600. The van der Waals surface area contributed by atoms with E-state index in [9.17, 15) is 5.11 Å². The summed E-state index contributed by atoms with van der Waals surface area (Å²) in [4.78, 5) is 0. The van der Waals surface area contributed by atoms with Gasteiger partial charge in [0, 0.05) is 18.3 Å². The zero-order valence-corrected chi connectivity index (χ0v) is 13.3. The number of nitrogens with two attached hydrogens (primary N) is 2. The van der Waals surface area contributed by atoms with E-state index < -0.39 is 0 Å². The lowest BCUT2D eigenvalue weighted by Gasteiger charge is -2.23. The van der Waals surface area contributed by atoms with E-state index in [2.05, 4.69) is 32.0 Å². The van der Waals surface area contributed by atoms with Crippen molar-refractivity contribution in [3.63, 3.8) is 0 Å². The van der Waals surface area contributed by atoms with E-state index in [-0.39, 0.29) is 18.1 Å². The van der Waals surface area contributed by atoms with Crippen LogP contribution >= 0.6 is 0 Å². The first-order chi connectivity index (χ1) is 10.4. The predicted molar refractivity (Wildman–Crippen MR) is 91.5 cm³/mol. The number of hydrogen-bond acceptors (Lipinski definition) is 3. The van der Waals surface area contributed by atoms with Crippen molar-refractivity contribution in [2.24, 2.45) is 11.1 Å². The molecule has 0 spiro atoms. The molecule has 0 bridgehead atoms. The topological polar surface area (TPSA) is 72.3 Å². The molecule has 2 aromatic carbocycles. The molecule has 0 radical (unpaired) electrons. The van der Waals surface area contributed by atoms with Crippen molar-refractivity contribution in [2.45, 2.75) is 32.7 Å². The molecule has 0 saturated heterocycles. The van der Waals surface area contributed by atoms with E-state index in [1.165, 1.54) is 16.7 Å². The predicted octanol–water partition coefficient (Wildman–Crippen LogP) is 3.05. The molecule has 22 heavy (non-hydrogen) atoms. The van der Waals surface area contributed by atoms with Gasteiger partial charge in [-0.15, -0.1) is 0 Å². The second kappa shape index (κ2) is 5.41. The molecule has 3 rings (SSSR count). The van der Waals surface area contributed by atoms with Crippen molar-refractivity contribution in [3.05, 3.63) is 53.1 Å². The lowest BCUT2D eigenvalue weighted by Crippen LogP contribution is -2.24. The summed E-state index contributed by atoms with van der Waals surface area (Å²) in [6, 6.07) is 12.3. The van der Waals surface area contributed by atoms with Gasteiger partial charge in [0.15, 0.2) is 0 Å². The lowest BCUT2D eigenvalue weighted by molar-refractivity contribution is 0.300. The summed E-state index contributed by atoms with van der Waals surface area (Å²) in [6.07, 6.45) is 1.60. The van der Waals surface area contributed by atoms with Crippen LogP contribution in [0.15, 0.2) is 36.4 Å². The van der Waals surface area contributed by atoms with Crippen LogP contribution in [0.1, 0.15) is 36.6 Å². The molecular formula is C19H24N2O. The summed E-state index contributed by atoms with van der Waals surface area (Å²) in [5.41, 5.74) is 19.3. The number of hydrogen-bond donors (Lipinski definition) is 3. The number of fused-ring (bicyclic) bond motifs is 1.